The van der Waals surface area contributed by atoms with E-state index in [-0.39, 0.29) is 37.5 Å². The molecule has 0 spiro atoms. The van der Waals surface area contributed by atoms with Gasteiger partial charge in [0, 0.05) is 18.3 Å². The van der Waals surface area contributed by atoms with Crippen molar-refractivity contribution in [1.29, 1.82) is 5.26 Å². The van der Waals surface area contributed by atoms with Crippen molar-refractivity contribution in [3.63, 3.8) is 0 Å². The van der Waals surface area contributed by atoms with Gasteiger partial charge in [-0.2, -0.15) is 18.4 Å². The number of aromatic nitrogens is 3. The SMILES string of the molecule is N#Cc1cccnc1Oc1cc(-n2c(=O)cc(C(F)(F)F)n(N)c2=O)c(F)cc1Cl. The summed E-state index contributed by atoms with van der Waals surface area (Å²) in [5.74, 6) is 3.41. The van der Waals surface area contributed by atoms with E-state index in [1.165, 1.54) is 18.3 Å². The van der Waals surface area contributed by atoms with Crippen LogP contribution in [0.15, 0.2) is 46.1 Å². The highest BCUT2D eigenvalue weighted by Gasteiger charge is 2.36. The van der Waals surface area contributed by atoms with Gasteiger partial charge >= 0.3 is 11.9 Å². The van der Waals surface area contributed by atoms with E-state index >= 15 is 0 Å². The van der Waals surface area contributed by atoms with Crippen molar-refractivity contribution < 1.29 is 22.3 Å². The Morgan fingerprint density at radius 3 is 2.57 bits per heavy atom. The van der Waals surface area contributed by atoms with Crippen molar-refractivity contribution >= 4 is 11.6 Å². The number of hydrogen-bond donors (Lipinski definition) is 1. The molecule has 0 bridgehead atoms. The smallest absolute Gasteiger partial charge is 0.433 e. The van der Waals surface area contributed by atoms with Crippen LogP contribution in [0.25, 0.3) is 5.69 Å². The third-order valence-electron chi connectivity index (χ3n) is 3.77. The van der Waals surface area contributed by atoms with Crippen LogP contribution in [0, 0.1) is 17.1 Å². The van der Waals surface area contributed by atoms with Gasteiger partial charge in [-0.1, -0.05) is 11.6 Å². The Morgan fingerprint density at radius 1 is 1.23 bits per heavy atom. The zero-order chi connectivity index (χ0) is 22.2. The van der Waals surface area contributed by atoms with Crippen molar-refractivity contribution in [2.24, 2.45) is 0 Å². The largest absolute Gasteiger partial charge is 0.436 e. The third-order valence-corrected chi connectivity index (χ3v) is 4.06. The van der Waals surface area contributed by atoms with Gasteiger partial charge in [-0.25, -0.2) is 23.4 Å². The molecule has 13 heteroatoms. The number of benzene rings is 1. The molecule has 0 amide bonds. The van der Waals surface area contributed by atoms with E-state index in [0.29, 0.717) is 6.07 Å². The Kier molecular flexibility index (Phi) is 5.24. The minimum atomic E-state index is -5.09. The minimum Gasteiger partial charge on any atom is -0.436 e. The second-order valence-electron chi connectivity index (χ2n) is 5.66. The fourth-order valence-corrected chi connectivity index (χ4v) is 2.61. The van der Waals surface area contributed by atoms with Crippen LogP contribution in [-0.4, -0.2) is 14.2 Å². The van der Waals surface area contributed by atoms with Gasteiger partial charge < -0.3 is 10.6 Å². The van der Waals surface area contributed by atoms with E-state index in [1.807, 2.05) is 0 Å². The molecule has 0 atom stereocenters. The molecule has 0 aliphatic heterocycles. The highest BCUT2D eigenvalue weighted by atomic mass is 35.5. The van der Waals surface area contributed by atoms with Crippen LogP contribution in [0.4, 0.5) is 17.6 Å². The first-order valence-electron chi connectivity index (χ1n) is 7.78. The molecular formula is C17H8ClF4N5O3. The predicted molar refractivity (Wildman–Crippen MR) is 95.4 cm³/mol. The molecule has 0 saturated heterocycles. The predicted octanol–water partition coefficient (Wildman–Crippen LogP) is 2.58. The fourth-order valence-electron chi connectivity index (χ4n) is 2.43. The van der Waals surface area contributed by atoms with Crippen LogP contribution >= 0.6 is 11.6 Å². The van der Waals surface area contributed by atoms with Crippen molar-refractivity contribution in [2.45, 2.75) is 6.18 Å². The zero-order valence-electron chi connectivity index (χ0n) is 14.4. The van der Waals surface area contributed by atoms with E-state index in [1.54, 1.807) is 6.07 Å². The number of nitriles is 1. The van der Waals surface area contributed by atoms with E-state index in [0.717, 1.165) is 6.07 Å². The Labute approximate surface area is 168 Å². The number of pyridine rings is 1. The highest BCUT2D eigenvalue weighted by Crippen LogP contribution is 2.33. The fraction of sp³-hybridized carbons (Fsp3) is 0.0588. The van der Waals surface area contributed by atoms with Crippen LogP contribution in [0.3, 0.4) is 0 Å². The van der Waals surface area contributed by atoms with Gasteiger partial charge in [0.05, 0.1) is 10.7 Å². The molecule has 0 aliphatic carbocycles. The third kappa shape index (κ3) is 3.70. The highest BCUT2D eigenvalue weighted by molar-refractivity contribution is 6.32. The maximum atomic E-state index is 14.4. The molecular weight excluding hydrogens is 434 g/mol. The summed E-state index contributed by atoms with van der Waals surface area (Å²) in [6.45, 7) is 0. The summed E-state index contributed by atoms with van der Waals surface area (Å²) in [5, 5.41) is 8.76. The lowest BCUT2D eigenvalue weighted by Gasteiger charge is -2.15. The summed E-state index contributed by atoms with van der Waals surface area (Å²) < 4.78 is 58.3. The van der Waals surface area contributed by atoms with Crippen LogP contribution in [0.5, 0.6) is 11.6 Å². The van der Waals surface area contributed by atoms with Crippen molar-refractivity contribution in [2.75, 3.05) is 5.84 Å². The number of nitrogen functional groups attached to an aromatic ring is 1. The zero-order valence-corrected chi connectivity index (χ0v) is 15.2. The van der Waals surface area contributed by atoms with Crippen LogP contribution in [-0.2, 0) is 6.18 Å². The maximum Gasteiger partial charge on any atom is 0.433 e. The van der Waals surface area contributed by atoms with E-state index in [2.05, 4.69) is 4.98 Å². The molecule has 30 heavy (non-hydrogen) atoms. The number of ether oxygens (including phenoxy) is 1. The van der Waals surface area contributed by atoms with Gasteiger partial charge in [0.15, 0.2) is 5.69 Å². The molecule has 3 rings (SSSR count). The summed E-state index contributed by atoms with van der Waals surface area (Å²) >= 11 is 5.91. The number of nitrogens with zero attached hydrogens (tertiary/aromatic N) is 4. The molecule has 154 valence electrons. The maximum absolute atomic E-state index is 14.4. The standard InChI is InChI=1S/C17H8ClF4N5O3/c18-9-4-10(19)11(5-12(9)30-15-8(7-23)2-1-3-25-15)26-14(28)6-13(17(20,21)22)27(24)16(26)29/h1-6H,24H2. The Hall–Kier alpha value is -3.85. The number of hydrogen-bond acceptors (Lipinski definition) is 6. The first-order chi connectivity index (χ1) is 14.0. The lowest BCUT2D eigenvalue weighted by atomic mass is 10.2. The van der Waals surface area contributed by atoms with Gasteiger partial charge in [0.1, 0.15) is 23.2 Å². The number of alkyl halides is 3. The summed E-state index contributed by atoms with van der Waals surface area (Å²) in [6.07, 6.45) is -3.80. The van der Waals surface area contributed by atoms with Crippen molar-refractivity contribution in [3.8, 4) is 23.4 Å². The Morgan fingerprint density at radius 2 is 1.93 bits per heavy atom. The van der Waals surface area contributed by atoms with Crippen LogP contribution < -0.4 is 21.8 Å². The number of nitrogens with two attached hydrogens (primary N) is 1. The van der Waals surface area contributed by atoms with Gasteiger partial charge in [0.2, 0.25) is 5.88 Å². The molecule has 0 unspecified atom stereocenters. The quantitative estimate of drug-likeness (QED) is 0.493. The molecule has 0 fully saturated rings. The average Bonchev–Trinajstić information content (AvgIpc) is 2.67. The van der Waals surface area contributed by atoms with Crippen molar-refractivity contribution in [1.82, 2.24) is 14.2 Å². The normalized spacial score (nSPS) is 11.2. The molecule has 0 radical (unpaired) electrons. The molecule has 8 nitrogen and oxygen atoms in total. The summed E-state index contributed by atoms with van der Waals surface area (Å²) in [6, 6.07) is 6.14. The molecule has 2 N–H and O–H groups in total. The molecule has 0 saturated carbocycles. The summed E-state index contributed by atoms with van der Waals surface area (Å²) in [7, 11) is 0. The second-order valence-corrected chi connectivity index (χ2v) is 6.06. The number of halogens is 5. The lowest BCUT2D eigenvalue weighted by Crippen LogP contribution is -2.45. The molecule has 2 heterocycles. The Bertz CT molecular complexity index is 1310. The van der Waals surface area contributed by atoms with Crippen LogP contribution in [0.1, 0.15) is 11.3 Å². The monoisotopic (exact) mass is 441 g/mol. The van der Waals surface area contributed by atoms with Crippen LogP contribution in [0.2, 0.25) is 5.02 Å². The molecule has 1 aromatic carbocycles. The summed E-state index contributed by atoms with van der Waals surface area (Å²) in [5.41, 5.74) is -5.64. The first kappa shape index (κ1) is 20.9. The van der Waals surface area contributed by atoms with E-state index < -0.39 is 34.6 Å². The van der Waals surface area contributed by atoms with Crippen molar-refractivity contribution in [3.05, 3.63) is 79.5 Å². The first-order valence-corrected chi connectivity index (χ1v) is 8.16. The Balaban J connectivity index is 2.21. The van der Waals surface area contributed by atoms with E-state index in [4.69, 9.17) is 27.4 Å². The second kappa shape index (κ2) is 7.53. The topological polar surface area (TPSA) is 116 Å². The average molecular weight is 442 g/mol. The molecule has 3 aromatic rings. The molecule has 2 aromatic heterocycles. The van der Waals surface area contributed by atoms with Gasteiger partial charge in [0.25, 0.3) is 5.56 Å². The lowest BCUT2D eigenvalue weighted by molar-refractivity contribution is -0.143. The molecule has 0 aliphatic rings. The van der Waals surface area contributed by atoms with Gasteiger partial charge in [-0.3, -0.25) is 4.79 Å². The van der Waals surface area contributed by atoms with Gasteiger partial charge in [-0.15, -0.1) is 0 Å². The van der Waals surface area contributed by atoms with Gasteiger partial charge in [-0.05, 0) is 18.2 Å². The number of rotatable bonds is 3. The minimum absolute atomic E-state index is 0.00421. The van der Waals surface area contributed by atoms with E-state index in [9.17, 15) is 27.2 Å². The summed E-state index contributed by atoms with van der Waals surface area (Å²) in [4.78, 5) is 28.3.